The molecule has 4 aliphatic heterocycles. The van der Waals surface area contributed by atoms with Crippen molar-refractivity contribution in [2.75, 3.05) is 36.0 Å². The summed E-state index contributed by atoms with van der Waals surface area (Å²) in [5, 5.41) is 11.8. The summed E-state index contributed by atoms with van der Waals surface area (Å²) in [5.74, 6) is 0. The highest BCUT2D eigenvalue weighted by atomic mass is 15.1. The minimum atomic E-state index is 1.14. The van der Waals surface area contributed by atoms with Gasteiger partial charge in [-0.2, -0.15) is 0 Å². The Labute approximate surface area is 222 Å². The van der Waals surface area contributed by atoms with Crippen LogP contribution in [0.2, 0.25) is 0 Å². The molecule has 0 unspecified atom stereocenters. The topological polar surface area (TPSA) is 6.48 Å². The zero-order valence-corrected chi connectivity index (χ0v) is 21.5. The molecule has 0 aliphatic carbocycles. The van der Waals surface area contributed by atoms with E-state index in [1.54, 1.807) is 0 Å². The number of hydrogen-bond donors (Lipinski definition) is 0. The van der Waals surface area contributed by atoms with Gasteiger partial charge in [0.25, 0.3) is 0 Å². The minimum Gasteiger partial charge on any atom is -0.370 e. The molecule has 4 heterocycles. The lowest BCUT2D eigenvalue weighted by molar-refractivity contribution is 0.755. The van der Waals surface area contributed by atoms with E-state index in [4.69, 9.17) is 0 Å². The van der Waals surface area contributed by atoms with Crippen LogP contribution in [0.4, 0.5) is 11.4 Å². The molecule has 0 N–H and O–H groups in total. The third-order valence-electron chi connectivity index (χ3n) is 10.1. The van der Waals surface area contributed by atoms with Gasteiger partial charge in [0.15, 0.2) is 0 Å². The second-order valence-electron chi connectivity index (χ2n) is 11.8. The van der Waals surface area contributed by atoms with Crippen molar-refractivity contribution in [1.29, 1.82) is 0 Å². The quantitative estimate of drug-likeness (QED) is 0.218. The van der Waals surface area contributed by atoms with Crippen LogP contribution in [-0.4, -0.2) is 26.2 Å². The highest BCUT2D eigenvalue weighted by molar-refractivity contribution is 6.31. The van der Waals surface area contributed by atoms with Crippen molar-refractivity contribution in [2.24, 2.45) is 0 Å². The lowest BCUT2D eigenvalue weighted by Crippen LogP contribution is -2.34. The average molecular weight is 489 g/mol. The molecule has 0 atom stereocenters. The third kappa shape index (κ3) is 2.28. The van der Waals surface area contributed by atoms with Crippen molar-refractivity contribution in [3.05, 3.63) is 95.1 Å². The van der Waals surface area contributed by atoms with E-state index in [2.05, 4.69) is 82.6 Å². The first-order chi connectivity index (χ1) is 18.9. The number of hydrogen-bond acceptors (Lipinski definition) is 2. The molecule has 0 saturated carbocycles. The van der Waals surface area contributed by atoms with Crippen molar-refractivity contribution < 1.29 is 0 Å². The summed E-state index contributed by atoms with van der Waals surface area (Å²) in [6.45, 7) is 4.55. The van der Waals surface area contributed by atoms with Gasteiger partial charge in [-0.25, -0.2) is 0 Å². The van der Waals surface area contributed by atoms with Gasteiger partial charge in [-0.3, -0.25) is 0 Å². The monoisotopic (exact) mass is 488 g/mol. The van der Waals surface area contributed by atoms with E-state index in [0.29, 0.717) is 0 Å². The summed E-state index contributed by atoms with van der Waals surface area (Å²) in [6.07, 6.45) is 4.56. The smallest absolute Gasteiger partial charge is 0.0531 e. The molecule has 4 aliphatic rings. The summed E-state index contributed by atoms with van der Waals surface area (Å²) in [4.78, 5) is 5.36. The highest BCUT2D eigenvalue weighted by Gasteiger charge is 2.32. The average Bonchev–Trinajstić information content (AvgIpc) is 2.98. The maximum atomic E-state index is 2.68. The normalized spacial score (nSPS) is 17.1. The van der Waals surface area contributed by atoms with Gasteiger partial charge in [0.2, 0.25) is 0 Å². The number of benzene rings is 6. The van der Waals surface area contributed by atoms with Crippen molar-refractivity contribution in [3.8, 4) is 11.1 Å². The maximum absolute atomic E-state index is 2.68. The van der Waals surface area contributed by atoms with Crippen LogP contribution in [0.25, 0.3) is 54.2 Å². The van der Waals surface area contributed by atoms with Crippen LogP contribution in [0.15, 0.2) is 72.8 Å². The van der Waals surface area contributed by atoms with Gasteiger partial charge in [-0.1, -0.05) is 72.8 Å². The van der Waals surface area contributed by atoms with Crippen LogP contribution in [0.1, 0.15) is 22.3 Å². The lowest BCUT2D eigenvalue weighted by Gasteiger charge is -2.39. The Morgan fingerprint density at radius 1 is 0.368 bits per heavy atom. The van der Waals surface area contributed by atoms with Crippen molar-refractivity contribution in [1.82, 2.24) is 0 Å². The van der Waals surface area contributed by atoms with E-state index in [1.807, 2.05) is 0 Å². The summed E-state index contributed by atoms with van der Waals surface area (Å²) >= 11 is 0. The third-order valence-corrected chi connectivity index (χ3v) is 10.1. The zero-order valence-electron chi connectivity index (χ0n) is 21.5. The Balaban J connectivity index is 1.51. The Morgan fingerprint density at radius 2 is 0.658 bits per heavy atom. The van der Waals surface area contributed by atoms with Gasteiger partial charge >= 0.3 is 0 Å². The molecule has 2 nitrogen and oxygen atoms in total. The van der Waals surface area contributed by atoms with E-state index >= 15 is 0 Å². The Morgan fingerprint density at radius 3 is 0.947 bits per heavy atom. The molecule has 38 heavy (non-hydrogen) atoms. The van der Waals surface area contributed by atoms with Crippen LogP contribution in [-0.2, 0) is 25.7 Å². The van der Waals surface area contributed by atoms with Crippen LogP contribution in [0, 0.1) is 0 Å². The predicted molar refractivity (Wildman–Crippen MR) is 161 cm³/mol. The van der Waals surface area contributed by atoms with Gasteiger partial charge in [0, 0.05) is 47.7 Å². The molecule has 0 bridgehead atoms. The molecule has 0 spiro atoms. The number of anilines is 2. The van der Waals surface area contributed by atoms with Crippen LogP contribution in [0.3, 0.4) is 0 Å². The SMILES string of the molecule is c1cc2c3c4c5c(cccc5c(-c5c6cccc7c6c6c8c(cccc58)CCN6CC7)c3c1)CCN4CC2. The van der Waals surface area contributed by atoms with Crippen molar-refractivity contribution in [3.63, 3.8) is 0 Å². The molecule has 0 amide bonds. The largest absolute Gasteiger partial charge is 0.370 e. The fourth-order valence-electron chi connectivity index (χ4n) is 8.59. The van der Waals surface area contributed by atoms with Gasteiger partial charge in [0.1, 0.15) is 0 Å². The minimum absolute atomic E-state index is 1.14. The van der Waals surface area contributed by atoms with Crippen LogP contribution in [0.5, 0.6) is 0 Å². The first-order valence-electron chi connectivity index (χ1n) is 14.4. The highest BCUT2D eigenvalue weighted by Crippen LogP contribution is 2.54. The predicted octanol–water partition coefficient (Wildman–Crippen LogP) is 7.80. The molecule has 0 fully saturated rings. The van der Waals surface area contributed by atoms with Crippen molar-refractivity contribution >= 4 is 54.5 Å². The molecule has 2 heteroatoms. The summed E-state index contributed by atoms with van der Waals surface area (Å²) < 4.78 is 0. The summed E-state index contributed by atoms with van der Waals surface area (Å²) in [6, 6.07) is 28.4. The van der Waals surface area contributed by atoms with Crippen molar-refractivity contribution in [2.45, 2.75) is 25.7 Å². The molecule has 6 aromatic carbocycles. The second kappa shape index (κ2) is 6.88. The van der Waals surface area contributed by atoms with Crippen LogP contribution < -0.4 is 9.80 Å². The Hall–Kier alpha value is -4.04. The molecule has 182 valence electrons. The summed E-state index contributed by atoms with van der Waals surface area (Å²) in [5.41, 5.74) is 12.0. The summed E-state index contributed by atoms with van der Waals surface area (Å²) in [7, 11) is 0. The molecule has 0 aromatic heterocycles. The molecular weight excluding hydrogens is 460 g/mol. The van der Waals surface area contributed by atoms with E-state index in [1.165, 1.54) is 87.8 Å². The van der Waals surface area contributed by atoms with E-state index in [-0.39, 0.29) is 0 Å². The molecule has 0 radical (unpaired) electrons. The first-order valence-corrected chi connectivity index (χ1v) is 14.4. The van der Waals surface area contributed by atoms with E-state index < -0.39 is 0 Å². The van der Waals surface area contributed by atoms with E-state index in [0.717, 1.165) is 51.9 Å². The number of rotatable bonds is 1. The van der Waals surface area contributed by atoms with Gasteiger partial charge in [-0.15, -0.1) is 0 Å². The van der Waals surface area contributed by atoms with Gasteiger partial charge < -0.3 is 9.80 Å². The maximum Gasteiger partial charge on any atom is 0.0531 e. The second-order valence-corrected chi connectivity index (χ2v) is 11.8. The van der Waals surface area contributed by atoms with Crippen LogP contribution >= 0.6 is 0 Å². The van der Waals surface area contributed by atoms with E-state index in [9.17, 15) is 0 Å². The first kappa shape index (κ1) is 20.0. The molecule has 10 rings (SSSR count). The standard InChI is InChI=1S/C36H28N2/c1-5-21-13-17-37-18-14-22-6-2-10-26-30(22)35(37)29(21)25(9-1)33(26)34-27-11-3-7-23-15-19-38-20-16-24-8-4-12-28(34)32(24)36(38)31(23)27/h1-12H,13-20H2. The fraction of sp³-hybridized carbons (Fsp3) is 0.222. The Bertz CT molecular complexity index is 1760. The molecule has 0 saturated heterocycles. The van der Waals surface area contributed by atoms with Gasteiger partial charge in [0.05, 0.1) is 11.4 Å². The molecular formula is C36H28N2. The molecule has 6 aromatic rings. The van der Waals surface area contributed by atoms with Gasteiger partial charge in [-0.05, 0) is 80.6 Å². The Kier molecular flexibility index (Phi) is 3.62. The number of nitrogens with zero attached hydrogens (tertiary/aromatic N) is 2. The lowest BCUT2D eigenvalue weighted by atomic mass is 9.78. The zero-order chi connectivity index (χ0) is 24.5. The fourth-order valence-corrected chi connectivity index (χ4v) is 8.59.